The van der Waals surface area contributed by atoms with Gasteiger partial charge in [-0.25, -0.2) is 4.79 Å². The Kier molecular flexibility index (Phi) is 7.05. The lowest BCUT2D eigenvalue weighted by Crippen LogP contribution is -2.27. The van der Waals surface area contributed by atoms with Crippen molar-refractivity contribution in [1.82, 2.24) is 0 Å². The van der Waals surface area contributed by atoms with Crippen LogP contribution in [0.4, 0.5) is 0 Å². The lowest BCUT2D eigenvalue weighted by atomic mass is 10.0. The summed E-state index contributed by atoms with van der Waals surface area (Å²) in [5, 5.41) is 3.45. The van der Waals surface area contributed by atoms with Gasteiger partial charge in [-0.3, -0.25) is 4.79 Å². The van der Waals surface area contributed by atoms with Gasteiger partial charge in [0.2, 0.25) is 0 Å². The second-order valence-corrected chi connectivity index (χ2v) is 3.72. The number of hydrogen-bond acceptors (Lipinski definition) is 4. The summed E-state index contributed by atoms with van der Waals surface area (Å²) in [7, 11) is 1.41. The van der Waals surface area contributed by atoms with E-state index in [0.717, 1.165) is 6.42 Å². The first-order valence-electron chi connectivity index (χ1n) is 5.40. The summed E-state index contributed by atoms with van der Waals surface area (Å²) in [5.41, 5.74) is -0.204. The lowest BCUT2D eigenvalue weighted by molar-refractivity contribution is -0.148. The van der Waals surface area contributed by atoms with E-state index in [1.54, 1.807) is 6.92 Å². The minimum absolute atomic E-state index is 0.204. The molecule has 0 aromatic carbocycles. The van der Waals surface area contributed by atoms with Crippen molar-refractivity contribution < 1.29 is 19.1 Å². The quantitative estimate of drug-likeness (QED) is 0.226. The van der Waals surface area contributed by atoms with Gasteiger partial charge in [-0.1, -0.05) is 13.8 Å². The average molecular weight is 227 g/mol. The van der Waals surface area contributed by atoms with Gasteiger partial charge in [-0.2, -0.15) is 0 Å². The number of carbonyl (C=O) groups excluding carboxylic acids is 2. The molecule has 0 saturated heterocycles. The van der Waals surface area contributed by atoms with Gasteiger partial charge in [0.15, 0.2) is 0 Å². The van der Waals surface area contributed by atoms with Crippen LogP contribution in [-0.4, -0.2) is 35.9 Å². The number of ether oxygens (including phenoxy) is 1. The lowest BCUT2D eigenvalue weighted by Gasteiger charge is -2.00. The van der Waals surface area contributed by atoms with Crippen LogP contribution in [0, 0.1) is 5.92 Å². The average Bonchev–Trinajstić information content (AvgIpc) is 2.22. The number of ketones is 1. The highest BCUT2D eigenvalue weighted by Crippen LogP contribution is 2.04. The van der Waals surface area contributed by atoms with Crippen LogP contribution in [0.3, 0.4) is 0 Å². The molecule has 0 aliphatic carbocycles. The maximum atomic E-state index is 11.7. The molecule has 0 bridgehead atoms. The fourth-order valence-electron chi connectivity index (χ4n) is 1.05. The largest absolute Gasteiger partial charge is 0.490 e. The highest BCUT2D eigenvalue weighted by atomic mass is 16.5. The molecule has 5 heteroatoms. The first-order chi connectivity index (χ1) is 7.52. The number of Topliss-reactive ketones (excluding diaryl/α,β-unsaturated/α-hetero) is 1. The Balaban J connectivity index is 4.62. The minimum atomic E-state index is -0.693. The second kappa shape index (κ2) is 7.77. The summed E-state index contributed by atoms with van der Waals surface area (Å²) in [6.45, 7) is 5.92. The summed E-state index contributed by atoms with van der Waals surface area (Å²) >= 11 is 0. The van der Waals surface area contributed by atoms with Crippen molar-refractivity contribution in [3.8, 4) is 0 Å². The molecule has 0 aromatic heterocycles. The third kappa shape index (κ3) is 5.41. The number of nitrogens with zero attached hydrogens (tertiary/aromatic N) is 2. The van der Waals surface area contributed by atoms with E-state index >= 15 is 0 Å². The zero-order valence-electron chi connectivity index (χ0n) is 10.3. The van der Waals surface area contributed by atoms with Crippen LogP contribution in [0.15, 0.2) is 5.11 Å². The second-order valence-electron chi connectivity index (χ2n) is 3.72. The molecule has 0 aliphatic heterocycles. The third-order valence-corrected chi connectivity index (χ3v) is 1.88. The van der Waals surface area contributed by atoms with Crippen molar-refractivity contribution >= 4 is 17.5 Å². The molecule has 0 aromatic rings. The maximum absolute atomic E-state index is 11.7. The van der Waals surface area contributed by atoms with Crippen molar-refractivity contribution in [1.29, 1.82) is 0 Å². The van der Waals surface area contributed by atoms with Gasteiger partial charge in [0.05, 0.1) is 16.5 Å². The molecule has 0 heterocycles. The van der Waals surface area contributed by atoms with Crippen molar-refractivity contribution in [2.75, 3.05) is 13.7 Å². The van der Waals surface area contributed by atoms with E-state index in [4.69, 9.17) is 4.74 Å². The fourth-order valence-corrected chi connectivity index (χ4v) is 1.05. The summed E-state index contributed by atoms with van der Waals surface area (Å²) in [6, 6.07) is 0. The predicted molar refractivity (Wildman–Crippen MR) is 59.3 cm³/mol. The van der Waals surface area contributed by atoms with Gasteiger partial charge in [-0.05, 0) is 19.3 Å². The van der Waals surface area contributed by atoms with Gasteiger partial charge in [-0.15, -0.1) is 0 Å². The van der Waals surface area contributed by atoms with E-state index in [0.29, 0.717) is 12.3 Å². The Hall–Kier alpha value is -1.48. The molecule has 5 nitrogen and oxygen atoms in total. The smallest absolute Gasteiger partial charge is 0.457 e. The van der Waals surface area contributed by atoms with Gasteiger partial charge < -0.3 is 4.74 Å². The number of carbonyl (C=O) groups is 2. The Morgan fingerprint density at radius 2 is 2.00 bits per heavy atom. The molecule has 0 atom stereocenters. The topological polar surface area (TPSA) is 69.8 Å². The van der Waals surface area contributed by atoms with Gasteiger partial charge >= 0.3 is 11.7 Å². The molecule has 90 valence electrons. The van der Waals surface area contributed by atoms with E-state index in [-0.39, 0.29) is 18.1 Å². The summed E-state index contributed by atoms with van der Waals surface area (Å²) in [4.78, 5) is 26.6. The first-order valence-corrected chi connectivity index (χ1v) is 5.40. The monoisotopic (exact) mass is 227 g/mol. The summed E-state index contributed by atoms with van der Waals surface area (Å²) in [5.74, 6) is -0.592. The van der Waals surface area contributed by atoms with Crippen LogP contribution in [0.2, 0.25) is 0 Å². The minimum Gasteiger partial charge on any atom is -0.457 e. The van der Waals surface area contributed by atoms with E-state index in [1.807, 2.05) is 13.8 Å². The van der Waals surface area contributed by atoms with Crippen LogP contribution in [0.1, 0.15) is 33.6 Å². The van der Waals surface area contributed by atoms with Crippen LogP contribution in [0.5, 0.6) is 0 Å². The highest BCUT2D eigenvalue weighted by Gasteiger charge is 2.33. The molecule has 16 heavy (non-hydrogen) atoms. The molecule has 0 amide bonds. The number of rotatable bonds is 6. The third-order valence-electron chi connectivity index (χ3n) is 1.88. The van der Waals surface area contributed by atoms with Gasteiger partial charge in [0.25, 0.3) is 5.78 Å². The zero-order chi connectivity index (χ0) is 12.6. The molecule has 0 fully saturated rings. The Morgan fingerprint density at radius 3 is 2.44 bits per heavy atom. The van der Waals surface area contributed by atoms with Crippen molar-refractivity contribution in [2.24, 2.45) is 11.0 Å². The fraction of sp³-hybridized carbons (Fsp3) is 0.727. The van der Waals surface area contributed by atoms with E-state index in [9.17, 15) is 9.59 Å². The highest BCUT2D eigenvalue weighted by molar-refractivity contribution is 6.62. The van der Waals surface area contributed by atoms with Crippen LogP contribution < -0.4 is 0 Å². The zero-order valence-corrected chi connectivity index (χ0v) is 10.3. The number of esters is 1. The standard InChI is InChI=1S/C11H19N2O3/c1-5-16-11(15)10(13-12-4)9(14)7-6-8(2)3/h8H,5-7H2,1-4H3/q+1. The molecule has 0 spiro atoms. The van der Waals surface area contributed by atoms with Crippen molar-refractivity contribution in [3.05, 3.63) is 0 Å². The number of hydrogen-bond donors (Lipinski definition) is 0. The Morgan fingerprint density at radius 1 is 1.38 bits per heavy atom. The molecule has 0 saturated carbocycles. The van der Waals surface area contributed by atoms with Crippen LogP contribution in [0.25, 0.3) is 0 Å². The molecular weight excluding hydrogens is 208 g/mol. The Labute approximate surface area is 95.6 Å². The Bertz CT molecular complexity index is 315. The van der Waals surface area contributed by atoms with Crippen LogP contribution in [-0.2, 0) is 14.3 Å². The van der Waals surface area contributed by atoms with Crippen molar-refractivity contribution in [2.45, 2.75) is 33.6 Å². The normalized spacial score (nSPS) is 9.56. The SMILES string of the molecule is CCOC(=O)C(=[N+]=NC)C(=O)CCC(C)C. The van der Waals surface area contributed by atoms with E-state index in [2.05, 4.69) is 9.90 Å². The van der Waals surface area contributed by atoms with E-state index < -0.39 is 5.97 Å². The van der Waals surface area contributed by atoms with Gasteiger partial charge in [0, 0.05) is 6.42 Å². The van der Waals surface area contributed by atoms with Crippen LogP contribution >= 0.6 is 0 Å². The van der Waals surface area contributed by atoms with Gasteiger partial charge in [0.1, 0.15) is 7.05 Å². The molecule has 0 radical (unpaired) electrons. The summed E-state index contributed by atoms with van der Waals surface area (Å²) in [6.07, 6.45) is 1.02. The maximum Gasteiger partial charge on any atom is 0.490 e. The van der Waals surface area contributed by atoms with E-state index in [1.165, 1.54) is 7.05 Å². The van der Waals surface area contributed by atoms with Crippen molar-refractivity contribution in [3.63, 3.8) is 0 Å². The predicted octanol–water partition coefficient (Wildman–Crippen LogP) is 1.29. The summed E-state index contributed by atoms with van der Waals surface area (Å²) < 4.78 is 4.73. The molecule has 0 rings (SSSR count). The molecule has 0 unspecified atom stereocenters. The first kappa shape index (κ1) is 14.5. The molecule has 0 aliphatic rings. The molecule has 0 N–H and O–H groups in total. The molecular formula is C11H19N2O3+.